The zero-order valence-corrected chi connectivity index (χ0v) is 14.5. The van der Waals surface area contributed by atoms with Gasteiger partial charge in [-0.25, -0.2) is 0 Å². The molecule has 0 fully saturated rings. The first kappa shape index (κ1) is 14.7. The third-order valence-corrected chi connectivity index (χ3v) is 5.79. The summed E-state index contributed by atoms with van der Waals surface area (Å²) in [4.78, 5) is 4.16. The van der Waals surface area contributed by atoms with Crippen LogP contribution in [-0.2, 0) is 6.42 Å². The van der Waals surface area contributed by atoms with Crippen LogP contribution >= 0.6 is 0 Å². The molecule has 4 aromatic rings. The maximum Gasteiger partial charge on any atom is 0.0273 e. The number of fused-ring (bicyclic) bond motifs is 5. The van der Waals surface area contributed by atoms with Crippen LogP contribution in [0.4, 0.5) is 0 Å². The summed E-state index contributed by atoms with van der Waals surface area (Å²) in [5.74, 6) is 0.687. The van der Waals surface area contributed by atoms with Gasteiger partial charge in [-0.3, -0.25) is 4.98 Å². The lowest BCUT2D eigenvalue weighted by Gasteiger charge is -2.24. The largest absolute Gasteiger partial charge is 0.265 e. The number of aryl methyl sites for hydroxylation is 1. The van der Waals surface area contributed by atoms with E-state index in [4.69, 9.17) is 0 Å². The van der Waals surface area contributed by atoms with Crippen LogP contribution in [-0.4, -0.2) is 4.98 Å². The summed E-state index contributed by atoms with van der Waals surface area (Å²) in [5, 5.41) is 5.52. The highest BCUT2D eigenvalue weighted by molar-refractivity contribution is 6.13. The Morgan fingerprint density at radius 3 is 2.44 bits per heavy atom. The summed E-state index contributed by atoms with van der Waals surface area (Å²) < 4.78 is 0. The molecule has 1 aliphatic rings. The van der Waals surface area contributed by atoms with Crippen molar-refractivity contribution >= 4 is 21.5 Å². The fourth-order valence-electron chi connectivity index (χ4n) is 4.52. The molecule has 0 spiro atoms. The van der Waals surface area contributed by atoms with Crippen LogP contribution in [0.25, 0.3) is 32.7 Å². The van der Waals surface area contributed by atoms with E-state index in [0.29, 0.717) is 5.92 Å². The predicted octanol–water partition coefficient (Wildman–Crippen LogP) is 6.49. The van der Waals surface area contributed by atoms with E-state index in [9.17, 15) is 0 Å². The number of pyridine rings is 1. The molecule has 0 aliphatic heterocycles. The van der Waals surface area contributed by atoms with Crippen molar-refractivity contribution in [2.45, 2.75) is 32.1 Å². The van der Waals surface area contributed by atoms with E-state index < -0.39 is 0 Å². The van der Waals surface area contributed by atoms with E-state index in [1.165, 1.54) is 51.9 Å². The van der Waals surface area contributed by atoms with Gasteiger partial charge in [0, 0.05) is 12.4 Å². The lowest BCUT2D eigenvalue weighted by Crippen LogP contribution is -2.07. The molecular formula is C24H21N. The van der Waals surface area contributed by atoms with E-state index in [2.05, 4.69) is 66.5 Å². The Hall–Kier alpha value is -2.67. The van der Waals surface area contributed by atoms with Crippen LogP contribution in [0.1, 0.15) is 36.8 Å². The highest BCUT2D eigenvalue weighted by Crippen LogP contribution is 2.39. The molecule has 5 rings (SSSR count). The van der Waals surface area contributed by atoms with Gasteiger partial charge in [0.25, 0.3) is 0 Å². The van der Waals surface area contributed by atoms with Crippen molar-refractivity contribution in [2.75, 3.05) is 0 Å². The van der Waals surface area contributed by atoms with Gasteiger partial charge in [-0.15, -0.1) is 0 Å². The maximum atomic E-state index is 4.16. The Balaban J connectivity index is 1.82. The zero-order valence-electron chi connectivity index (χ0n) is 14.5. The summed E-state index contributed by atoms with van der Waals surface area (Å²) in [5.41, 5.74) is 5.65. The molecule has 3 aromatic carbocycles. The fraction of sp³-hybridized carbons (Fsp3) is 0.208. The van der Waals surface area contributed by atoms with Crippen molar-refractivity contribution in [2.24, 2.45) is 0 Å². The van der Waals surface area contributed by atoms with E-state index in [0.717, 1.165) is 0 Å². The second kappa shape index (κ2) is 5.70. The second-order valence-corrected chi connectivity index (χ2v) is 7.22. The van der Waals surface area contributed by atoms with Crippen LogP contribution in [0.3, 0.4) is 0 Å². The minimum Gasteiger partial charge on any atom is -0.265 e. The molecule has 0 amide bonds. The smallest absolute Gasteiger partial charge is 0.0273 e. The maximum absolute atomic E-state index is 4.16. The van der Waals surface area contributed by atoms with E-state index >= 15 is 0 Å². The SMILES string of the molecule is CC1CCCc2c1ccc1c2ccc2c(-c3ccncc3)cccc21. The quantitative estimate of drug-likeness (QED) is 0.365. The highest BCUT2D eigenvalue weighted by atomic mass is 14.6. The summed E-state index contributed by atoms with van der Waals surface area (Å²) in [6.07, 6.45) is 7.58. The van der Waals surface area contributed by atoms with Crippen LogP contribution in [0, 0.1) is 0 Å². The third-order valence-electron chi connectivity index (χ3n) is 5.79. The molecule has 1 unspecified atom stereocenters. The van der Waals surface area contributed by atoms with Gasteiger partial charge in [0.2, 0.25) is 0 Å². The topological polar surface area (TPSA) is 12.9 Å². The standard InChI is InChI=1S/C24H21N/c1-16-4-2-6-20-18(16)8-9-24-21-7-3-5-19(17-12-14-25-15-13-17)22(21)10-11-23(20)24/h3,5,7-16H,2,4,6H2,1H3. The van der Waals surface area contributed by atoms with Crippen molar-refractivity contribution < 1.29 is 0 Å². The molecule has 0 N–H and O–H groups in total. The van der Waals surface area contributed by atoms with Gasteiger partial charge in [0.1, 0.15) is 0 Å². The van der Waals surface area contributed by atoms with Gasteiger partial charge in [0.05, 0.1) is 0 Å². The molecular weight excluding hydrogens is 302 g/mol. The normalized spacial score (nSPS) is 16.9. The van der Waals surface area contributed by atoms with Gasteiger partial charge in [0.15, 0.2) is 0 Å². The van der Waals surface area contributed by atoms with Gasteiger partial charge in [-0.2, -0.15) is 0 Å². The van der Waals surface area contributed by atoms with Crippen molar-refractivity contribution in [1.82, 2.24) is 4.98 Å². The van der Waals surface area contributed by atoms with Crippen LogP contribution in [0.5, 0.6) is 0 Å². The average Bonchev–Trinajstić information content (AvgIpc) is 2.68. The molecule has 122 valence electrons. The summed E-state index contributed by atoms with van der Waals surface area (Å²) in [7, 11) is 0. The van der Waals surface area contributed by atoms with Gasteiger partial charge in [-0.05, 0) is 81.1 Å². The van der Waals surface area contributed by atoms with Gasteiger partial charge in [-0.1, -0.05) is 49.4 Å². The lowest BCUT2D eigenvalue weighted by molar-refractivity contribution is 0.593. The Morgan fingerprint density at radius 2 is 1.56 bits per heavy atom. The van der Waals surface area contributed by atoms with Crippen LogP contribution in [0.2, 0.25) is 0 Å². The number of hydrogen-bond donors (Lipinski definition) is 0. The Bertz CT molecular complexity index is 1080. The first-order valence-electron chi connectivity index (χ1n) is 9.20. The summed E-state index contributed by atoms with van der Waals surface area (Å²) in [6, 6.07) is 20.2. The highest BCUT2D eigenvalue weighted by Gasteiger charge is 2.19. The first-order chi connectivity index (χ1) is 12.3. The van der Waals surface area contributed by atoms with E-state index in [1.54, 1.807) is 11.1 Å². The van der Waals surface area contributed by atoms with Gasteiger partial charge >= 0.3 is 0 Å². The number of aromatic nitrogens is 1. The number of rotatable bonds is 1. The van der Waals surface area contributed by atoms with Crippen LogP contribution < -0.4 is 0 Å². The summed E-state index contributed by atoms with van der Waals surface area (Å²) >= 11 is 0. The summed E-state index contributed by atoms with van der Waals surface area (Å²) in [6.45, 7) is 2.37. The second-order valence-electron chi connectivity index (χ2n) is 7.22. The monoisotopic (exact) mass is 323 g/mol. The molecule has 0 saturated carbocycles. The van der Waals surface area contributed by atoms with E-state index in [1.807, 2.05) is 12.4 Å². The van der Waals surface area contributed by atoms with Crippen molar-refractivity contribution in [1.29, 1.82) is 0 Å². The van der Waals surface area contributed by atoms with Crippen molar-refractivity contribution in [3.05, 3.63) is 78.1 Å². The molecule has 0 bridgehead atoms. The van der Waals surface area contributed by atoms with Gasteiger partial charge < -0.3 is 0 Å². The predicted molar refractivity (Wildman–Crippen MR) is 106 cm³/mol. The van der Waals surface area contributed by atoms with Crippen LogP contribution in [0.15, 0.2) is 67.0 Å². The minimum atomic E-state index is 0.687. The molecule has 25 heavy (non-hydrogen) atoms. The third kappa shape index (κ3) is 2.26. The molecule has 1 heteroatoms. The number of benzene rings is 3. The molecule has 1 atom stereocenters. The lowest BCUT2D eigenvalue weighted by atomic mass is 9.80. The average molecular weight is 323 g/mol. The van der Waals surface area contributed by atoms with Crippen molar-refractivity contribution in [3.8, 4) is 11.1 Å². The number of nitrogens with zero attached hydrogens (tertiary/aromatic N) is 1. The Labute approximate surface area is 148 Å². The molecule has 1 nitrogen and oxygen atoms in total. The molecule has 1 heterocycles. The minimum absolute atomic E-state index is 0.687. The van der Waals surface area contributed by atoms with Crippen molar-refractivity contribution in [3.63, 3.8) is 0 Å². The van der Waals surface area contributed by atoms with E-state index in [-0.39, 0.29) is 0 Å². The first-order valence-corrected chi connectivity index (χ1v) is 9.20. The zero-order chi connectivity index (χ0) is 16.8. The molecule has 0 radical (unpaired) electrons. The molecule has 0 saturated heterocycles. The Kier molecular flexibility index (Phi) is 3.34. The molecule has 1 aliphatic carbocycles. The Morgan fingerprint density at radius 1 is 0.800 bits per heavy atom. The number of hydrogen-bond acceptors (Lipinski definition) is 1. The fourth-order valence-corrected chi connectivity index (χ4v) is 4.52. The molecule has 1 aromatic heterocycles.